The molecule has 0 saturated carbocycles. The summed E-state index contributed by atoms with van der Waals surface area (Å²) in [6.07, 6.45) is 0.926. The first-order valence-corrected chi connectivity index (χ1v) is 8.64. The standard InChI is InChI=1S/C21H29NO/c1-7-17-19(16-10-8-15(6)9-11-16)18(12-23)21(14(4)5)22-20(17)13(2)3/h8-11,13-14,23H,7,12H2,1-6H3. The Labute approximate surface area is 140 Å². The van der Waals surface area contributed by atoms with Gasteiger partial charge in [0.1, 0.15) is 0 Å². The van der Waals surface area contributed by atoms with Crippen molar-refractivity contribution < 1.29 is 5.11 Å². The van der Waals surface area contributed by atoms with Gasteiger partial charge in [-0.25, -0.2) is 0 Å². The summed E-state index contributed by atoms with van der Waals surface area (Å²) in [7, 11) is 0. The third kappa shape index (κ3) is 3.48. The van der Waals surface area contributed by atoms with Crippen molar-refractivity contribution in [3.63, 3.8) is 0 Å². The number of aromatic nitrogens is 1. The molecule has 0 bridgehead atoms. The molecule has 2 rings (SSSR count). The van der Waals surface area contributed by atoms with Gasteiger partial charge >= 0.3 is 0 Å². The maximum absolute atomic E-state index is 10.1. The smallest absolute Gasteiger partial charge is 0.0705 e. The molecule has 0 spiro atoms. The summed E-state index contributed by atoms with van der Waals surface area (Å²) < 4.78 is 0. The molecule has 1 N–H and O–H groups in total. The van der Waals surface area contributed by atoms with E-state index >= 15 is 0 Å². The molecule has 2 heteroatoms. The summed E-state index contributed by atoms with van der Waals surface area (Å²) in [5.41, 5.74) is 8.09. The lowest BCUT2D eigenvalue weighted by molar-refractivity contribution is 0.279. The Bertz CT molecular complexity index is 635. The second-order valence-electron chi connectivity index (χ2n) is 6.90. The molecule has 2 aromatic rings. The van der Waals surface area contributed by atoms with E-state index in [1.54, 1.807) is 0 Å². The summed E-state index contributed by atoms with van der Waals surface area (Å²) in [5.74, 6) is 0.671. The van der Waals surface area contributed by atoms with Gasteiger partial charge in [0.15, 0.2) is 0 Å². The quantitative estimate of drug-likeness (QED) is 0.806. The second kappa shape index (κ2) is 7.27. The summed E-state index contributed by atoms with van der Waals surface area (Å²) >= 11 is 0. The maximum atomic E-state index is 10.1. The highest BCUT2D eigenvalue weighted by Crippen LogP contribution is 2.36. The van der Waals surface area contributed by atoms with Gasteiger partial charge < -0.3 is 5.11 Å². The number of rotatable bonds is 5. The van der Waals surface area contributed by atoms with E-state index in [-0.39, 0.29) is 6.61 Å². The van der Waals surface area contributed by atoms with Crippen LogP contribution in [0.3, 0.4) is 0 Å². The van der Waals surface area contributed by atoms with Gasteiger partial charge in [-0.2, -0.15) is 0 Å². The maximum Gasteiger partial charge on any atom is 0.0705 e. The summed E-state index contributed by atoms with van der Waals surface area (Å²) in [4.78, 5) is 4.96. The third-order valence-electron chi connectivity index (χ3n) is 4.41. The molecule has 0 fully saturated rings. The van der Waals surface area contributed by atoms with E-state index < -0.39 is 0 Å². The number of aryl methyl sites for hydroxylation is 1. The minimum Gasteiger partial charge on any atom is -0.392 e. The van der Waals surface area contributed by atoms with Crippen LogP contribution in [0, 0.1) is 6.92 Å². The van der Waals surface area contributed by atoms with Gasteiger partial charge in [0, 0.05) is 17.0 Å². The SMILES string of the molecule is CCc1c(C(C)C)nc(C(C)C)c(CO)c1-c1ccc(C)cc1. The molecule has 0 radical (unpaired) electrons. The van der Waals surface area contributed by atoms with Crippen LogP contribution in [0.15, 0.2) is 24.3 Å². The van der Waals surface area contributed by atoms with Crippen molar-refractivity contribution in [2.75, 3.05) is 0 Å². The highest BCUT2D eigenvalue weighted by Gasteiger charge is 2.22. The van der Waals surface area contributed by atoms with Crippen molar-refractivity contribution in [3.05, 3.63) is 52.3 Å². The van der Waals surface area contributed by atoms with Crippen molar-refractivity contribution >= 4 is 0 Å². The lowest BCUT2D eigenvalue weighted by Gasteiger charge is -2.23. The molecule has 0 amide bonds. The molecule has 0 saturated heterocycles. The van der Waals surface area contributed by atoms with Crippen molar-refractivity contribution in [1.82, 2.24) is 4.98 Å². The van der Waals surface area contributed by atoms with Gasteiger partial charge in [-0.15, -0.1) is 0 Å². The predicted molar refractivity (Wildman–Crippen MR) is 97.9 cm³/mol. The number of benzene rings is 1. The van der Waals surface area contributed by atoms with E-state index in [0.717, 1.165) is 17.7 Å². The second-order valence-corrected chi connectivity index (χ2v) is 6.90. The van der Waals surface area contributed by atoms with E-state index in [4.69, 9.17) is 4.98 Å². The number of aliphatic hydroxyl groups excluding tert-OH is 1. The molecular weight excluding hydrogens is 282 g/mol. The molecule has 0 unspecified atom stereocenters. The van der Waals surface area contributed by atoms with Crippen LogP contribution in [0.1, 0.15) is 74.5 Å². The van der Waals surface area contributed by atoms with Crippen LogP contribution in [-0.4, -0.2) is 10.1 Å². The summed E-state index contributed by atoms with van der Waals surface area (Å²) in [6, 6.07) is 8.61. The van der Waals surface area contributed by atoms with Crippen LogP contribution >= 0.6 is 0 Å². The van der Waals surface area contributed by atoms with Crippen molar-refractivity contribution in [1.29, 1.82) is 0 Å². The monoisotopic (exact) mass is 311 g/mol. The Balaban J connectivity index is 2.86. The van der Waals surface area contributed by atoms with E-state index in [2.05, 4.69) is 65.8 Å². The molecule has 2 nitrogen and oxygen atoms in total. The van der Waals surface area contributed by atoms with Crippen LogP contribution in [0.4, 0.5) is 0 Å². The van der Waals surface area contributed by atoms with Crippen molar-refractivity contribution in [3.8, 4) is 11.1 Å². The molecule has 1 heterocycles. The zero-order valence-electron chi connectivity index (χ0n) is 15.3. The fourth-order valence-electron chi connectivity index (χ4n) is 3.24. The first-order valence-electron chi connectivity index (χ1n) is 8.64. The molecule has 0 aliphatic heterocycles. The van der Waals surface area contributed by atoms with Gasteiger partial charge in [-0.1, -0.05) is 64.4 Å². The number of hydrogen-bond acceptors (Lipinski definition) is 2. The Morgan fingerprint density at radius 3 is 1.87 bits per heavy atom. The minimum absolute atomic E-state index is 0.0368. The average molecular weight is 311 g/mol. The molecule has 124 valence electrons. The normalized spacial score (nSPS) is 11.5. The zero-order valence-corrected chi connectivity index (χ0v) is 15.3. The fourth-order valence-corrected chi connectivity index (χ4v) is 3.24. The molecular formula is C21H29NO. The van der Waals surface area contributed by atoms with Gasteiger partial charge in [0.2, 0.25) is 0 Å². The number of nitrogens with zero attached hydrogens (tertiary/aromatic N) is 1. The molecule has 1 aromatic heterocycles. The Hall–Kier alpha value is -1.67. The Morgan fingerprint density at radius 2 is 1.43 bits per heavy atom. The lowest BCUT2D eigenvalue weighted by Crippen LogP contribution is -2.11. The van der Waals surface area contributed by atoms with Crippen molar-refractivity contribution in [2.45, 2.75) is 66.4 Å². The van der Waals surface area contributed by atoms with Gasteiger partial charge in [-0.05, 0) is 41.9 Å². The van der Waals surface area contributed by atoms with Crippen LogP contribution in [0.5, 0.6) is 0 Å². The van der Waals surface area contributed by atoms with Crippen LogP contribution in [-0.2, 0) is 13.0 Å². The molecule has 23 heavy (non-hydrogen) atoms. The van der Waals surface area contributed by atoms with Crippen LogP contribution in [0.25, 0.3) is 11.1 Å². The van der Waals surface area contributed by atoms with E-state index in [1.807, 2.05) is 0 Å². The molecule has 0 atom stereocenters. The van der Waals surface area contributed by atoms with Gasteiger partial charge in [0.05, 0.1) is 6.61 Å². The highest BCUT2D eigenvalue weighted by atomic mass is 16.3. The Morgan fingerprint density at radius 1 is 0.913 bits per heavy atom. The molecule has 0 aliphatic rings. The number of aliphatic hydroxyl groups is 1. The van der Waals surface area contributed by atoms with Gasteiger partial charge in [-0.3, -0.25) is 4.98 Å². The minimum atomic E-state index is 0.0368. The number of hydrogen-bond donors (Lipinski definition) is 1. The van der Waals surface area contributed by atoms with Crippen LogP contribution < -0.4 is 0 Å². The fraction of sp³-hybridized carbons (Fsp3) is 0.476. The number of pyridine rings is 1. The van der Waals surface area contributed by atoms with Crippen molar-refractivity contribution in [2.24, 2.45) is 0 Å². The highest BCUT2D eigenvalue weighted by molar-refractivity contribution is 5.73. The third-order valence-corrected chi connectivity index (χ3v) is 4.41. The van der Waals surface area contributed by atoms with E-state index in [9.17, 15) is 5.11 Å². The first kappa shape index (κ1) is 17.7. The first-order chi connectivity index (χ1) is 10.9. The molecule has 0 aliphatic carbocycles. The topological polar surface area (TPSA) is 33.1 Å². The van der Waals surface area contributed by atoms with Gasteiger partial charge in [0.25, 0.3) is 0 Å². The average Bonchev–Trinajstić information content (AvgIpc) is 2.53. The summed E-state index contributed by atoms with van der Waals surface area (Å²) in [6.45, 7) is 13.0. The summed E-state index contributed by atoms with van der Waals surface area (Å²) in [5, 5.41) is 10.1. The Kier molecular flexibility index (Phi) is 5.59. The largest absolute Gasteiger partial charge is 0.392 e. The van der Waals surface area contributed by atoms with E-state index in [1.165, 1.54) is 27.9 Å². The molecule has 1 aromatic carbocycles. The van der Waals surface area contributed by atoms with Crippen LogP contribution in [0.2, 0.25) is 0 Å². The zero-order chi connectivity index (χ0) is 17.1. The predicted octanol–water partition coefficient (Wildman–Crippen LogP) is 5.36. The lowest BCUT2D eigenvalue weighted by atomic mass is 9.86. The van der Waals surface area contributed by atoms with E-state index in [0.29, 0.717) is 11.8 Å².